The van der Waals surface area contributed by atoms with E-state index in [1.165, 1.54) is 4.31 Å². The van der Waals surface area contributed by atoms with Crippen LogP contribution in [0.1, 0.15) is 25.7 Å². The Morgan fingerprint density at radius 1 is 1.14 bits per heavy atom. The first-order chi connectivity index (χ1) is 6.42. The van der Waals surface area contributed by atoms with Crippen LogP contribution in [0.15, 0.2) is 0 Å². The zero-order valence-electron chi connectivity index (χ0n) is 7.75. The Kier molecular flexibility index (Phi) is 2.30. The van der Waals surface area contributed by atoms with Gasteiger partial charge >= 0.3 is 0 Å². The predicted octanol–water partition coefficient (Wildman–Crippen LogP) is 1.21. The van der Waals surface area contributed by atoms with E-state index in [2.05, 4.69) is 0 Å². The molecule has 0 amide bonds. The van der Waals surface area contributed by atoms with Crippen molar-refractivity contribution in [3.05, 3.63) is 0 Å². The number of piperidine rings is 1. The summed E-state index contributed by atoms with van der Waals surface area (Å²) >= 11 is 0. The van der Waals surface area contributed by atoms with E-state index in [0.717, 1.165) is 0 Å². The second-order valence-corrected chi connectivity index (χ2v) is 6.21. The number of rotatable bonds is 2. The van der Waals surface area contributed by atoms with Crippen LogP contribution in [0.5, 0.6) is 0 Å². The lowest BCUT2D eigenvalue weighted by Crippen LogP contribution is -2.43. The van der Waals surface area contributed by atoms with Crippen LogP contribution in [0.2, 0.25) is 0 Å². The molecule has 6 heteroatoms. The number of nitrogens with zero attached hydrogens (tertiary/aromatic N) is 1. The van der Waals surface area contributed by atoms with Crippen LogP contribution >= 0.6 is 0 Å². The van der Waals surface area contributed by atoms with Gasteiger partial charge in [0, 0.05) is 25.9 Å². The zero-order chi connectivity index (χ0) is 10.4. The van der Waals surface area contributed by atoms with E-state index in [-0.39, 0.29) is 31.2 Å². The minimum Gasteiger partial charge on any atom is -0.212 e. The normalized spacial score (nSPS) is 29.0. The second-order valence-electron chi connectivity index (χ2n) is 4.00. The average Bonchev–Trinajstić information content (AvgIpc) is 2.85. The van der Waals surface area contributed by atoms with Gasteiger partial charge in [-0.1, -0.05) is 0 Å². The largest absolute Gasteiger partial charge is 0.250 e. The standard InChI is InChI=1S/C8H13F2NO2S/c9-8(10)3-5-11(6-4-8)14(12,13)7-1-2-7/h7H,1-6H2. The molecule has 1 aliphatic carbocycles. The Balaban J connectivity index is 2.01. The van der Waals surface area contributed by atoms with Gasteiger partial charge in [0.2, 0.25) is 10.0 Å². The predicted molar refractivity (Wildman–Crippen MR) is 47.7 cm³/mol. The zero-order valence-corrected chi connectivity index (χ0v) is 8.56. The molecule has 1 saturated heterocycles. The highest BCUT2D eigenvalue weighted by Crippen LogP contribution is 2.35. The molecule has 2 aliphatic rings. The van der Waals surface area contributed by atoms with Gasteiger partial charge in [-0.05, 0) is 12.8 Å². The fourth-order valence-electron chi connectivity index (χ4n) is 1.64. The fourth-order valence-corrected chi connectivity index (χ4v) is 3.49. The van der Waals surface area contributed by atoms with Gasteiger partial charge < -0.3 is 0 Å². The topological polar surface area (TPSA) is 37.4 Å². The summed E-state index contributed by atoms with van der Waals surface area (Å²) in [5, 5.41) is -0.283. The van der Waals surface area contributed by atoms with Gasteiger partial charge in [-0.15, -0.1) is 0 Å². The highest BCUT2D eigenvalue weighted by atomic mass is 32.2. The molecule has 0 bridgehead atoms. The highest BCUT2D eigenvalue weighted by molar-refractivity contribution is 7.90. The van der Waals surface area contributed by atoms with Crippen LogP contribution in [0, 0.1) is 0 Å². The number of hydrogen-bond donors (Lipinski definition) is 0. The van der Waals surface area contributed by atoms with Crippen molar-refractivity contribution in [2.24, 2.45) is 0 Å². The Bertz CT molecular complexity index is 314. The summed E-state index contributed by atoms with van der Waals surface area (Å²) in [4.78, 5) is 0. The number of alkyl halides is 2. The lowest BCUT2D eigenvalue weighted by atomic mass is 10.1. The molecule has 0 N–H and O–H groups in total. The maximum absolute atomic E-state index is 12.8. The molecular weight excluding hydrogens is 212 g/mol. The molecule has 2 fully saturated rings. The van der Waals surface area contributed by atoms with Crippen molar-refractivity contribution in [1.82, 2.24) is 4.31 Å². The molecule has 0 spiro atoms. The monoisotopic (exact) mass is 225 g/mol. The van der Waals surface area contributed by atoms with Gasteiger partial charge in [-0.3, -0.25) is 0 Å². The number of halogens is 2. The van der Waals surface area contributed by atoms with Crippen molar-refractivity contribution in [1.29, 1.82) is 0 Å². The lowest BCUT2D eigenvalue weighted by molar-refractivity contribution is -0.0412. The Morgan fingerprint density at radius 2 is 1.64 bits per heavy atom. The smallest absolute Gasteiger partial charge is 0.212 e. The van der Waals surface area contributed by atoms with E-state index in [0.29, 0.717) is 12.8 Å². The van der Waals surface area contributed by atoms with Crippen molar-refractivity contribution in [3.63, 3.8) is 0 Å². The van der Waals surface area contributed by atoms with Crippen LogP contribution in [0.25, 0.3) is 0 Å². The van der Waals surface area contributed by atoms with Crippen molar-refractivity contribution in [3.8, 4) is 0 Å². The van der Waals surface area contributed by atoms with Crippen molar-refractivity contribution >= 4 is 10.0 Å². The molecule has 3 nitrogen and oxygen atoms in total. The van der Waals surface area contributed by atoms with Gasteiger partial charge in [0.05, 0.1) is 5.25 Å². The molecule has 82 valence electrons. The summed E-state index contributed by atoms with van der Waals surface area (Å²) in [6.07, 6.45) is 0.711. The van der Waals surface area contributed by atoms with Crippen molar-refractivity contribution < 1.29 is 17.2 Å². The molecule has 0 aromatic carbocycles. The minimum absolute atomic E-state index is 0.0220. The molecule has 0 atom stereocenters. The van der Waals surface area contributed by atoms with Gasteiger partial charge in [-0.2, -0.15) is 0 Å². The van der Waals surface area contributed by atoms with E-state index in [1.54, 1.807) is 0 Å². The van der Waals surface area contributed by atoms with E-state index in [9.17, 15) is 17.2 Å². The Hall–Kier alpha value is -0.230. The van der Waals surface area contributed by atoms with Crippen LogP contribution in [-0.2, 0) is 10.0 Å². The summed E-state index contributed by atoms with van der Waals surface area (Å²) < 4.78 is 50.0. The first kappa shape index (κ1) is 10.3. The van der Waals surface area contributed by atoms with Gasteiger partial charge in [0.25, 0.3) is 5.92 Å². The van der Waals surface area contributed by atoms with Crippen LogP contribution in [0.4, 0.5) is 8.78 Å². The summed E-state index contributed by atoms with van der Waals surface area (Å²) in [5.41, 5.74) is 0. The first-order valence-corrected chi connectivity index (χ1v) is 6.29. The van der Waals surface area contributed by atoms with E-state index >= 15 is 0 Å². The first-order valence-electron chi connectivity index (χ1n) is 4.79. The highest BCUT2D eigenvalue weighted by Gasteiger charge is 2.44. The lowest BCUT2D eigenvalue weighted by Gasteiger charge is -2.30. The van der Waals surface area contributed by atoms with Gasteiger partial charge in [0.1, 0.15) is 0 Å². The molecule has 1 heterocycles. The second kappa shape index (κ2) is 3.13. The van der Waals surface area contributed by atoms with Crippen molar-refractivity contribution in [2.45, 2.75) is 36.9 Å². The quantitative estimate of drug-likeness (QED) is 0.708. The maximum Gasteiger partial charge on any atom is 0.250 e. The average molecular weight is 225 g/mol. The van der Waals surface area contributed by atoms with Gasteiger partial charge in [-0.25, -0.2) is 21.5 Å². The SMILES string of the molecule is O=S(=O)(C1CC1)N1CCC(F)(F)CC1. The van der Waals surface area contributed by atoms with Crippen LogP contribution in [-0.4, -0.2) is 37.0 Å². The van der Waals surface area contributed by atoms with E-state index in [4.69, 9.17) is 0 Å². The van der Waals surface area contributed by atoms with Gasteiger partial charge in [0.15, 0.2) is 0 Å². The fraction of sp³-hybridized carbons (Fsp3) is 1.00. The molecule has 1 saturated carbocycles. The third-order valence-electron chi connectivity index (χ3n) is 2.76. The molecule has 0 unspecified atom stereocenters. The molecule has 1 aliphatic heterocycles. The molecule has 0 aromatic heterocycles. The van der Waals surface area contributed by atoms with E-state index < -0.39 is 15.9 Å². The third-order valence-corrected chi connectivity index (χ3v) is 5.16. The summed E-state index contributed by atoms with van der Waals surface area (Å²) in [7, 11) is -3.24. The molecular formula is C8H13F2NO2S. The molecule has 2 rings (SSSR count). The summed E-state index contributed by atoms with van der Waals surface area (Å²) in [6.45, 7) is -0.0440. The Labute approximate surface area is 82.1 Å². The van der Waals surface area contributed by atoms with Crippen molar-refractivity contribution in [2.75, 3.05) is 13.1 Å². The number of hydrogen-bond acceptors (Lipinski definition) is 2. The van der Waals surface area contributed by atoms with E-state index in [1.807, 2.05) is 0 Å². The number of sulfonamides is 1. The minimum atomic E-state index is -3.24. The molecule has 0 radical (unpaired) electrons. The molecule has 14 heavy (non-hydrogen) atoms. The molecule has 0 aromatic rings. The van der Waals surface area contributed by atoms with Crippen LogP contribution < -0.4 is 0 Å². The summed E-state index contributed by atoms with van der Waals surface area (Å²) in [6, 6.07) is 0. The maximum atomic E-state index is 12.8. The summed E-state index contributed by atoms with van der Waals surface area (Å²) in [5.74, 6) is -2.67. The Morgan fingerprint density at radius 3 is 2.07 bits per heavy atom. The third kappa shape index (κ3) is 1.91. The van der Waals surface area contributed by atoms with Crippen LogP contribution in [0.3, 0.4) is 0 Å².